The molecule has 0 fully saturated rings. The number of nitrogens with two attached hydrogens (primary N) is 1. The average molecular weight is 446 g/mol. The normalized spacial score (nSPS) is 11.1. The first-order chi connectivity index (χ1) is 15.2. The second-order valence-electron chi connectivity index (χ2n) is 8.02. The van der Waals surface area contributed by atoms with E-state index in [1.54, 1.807) is 13.0 Å². The Morgan fingerprint density at radius 1 is 1.00 bits per heavy atom. The molecule has 0 saturated heterocycles. The van der Waals surface area contributed by atoms with Crippen LogP contribution in [-0.2, 0) is 6.54 Å². The Kier molecular flexibility index (Phi) is 5.52. The van der Waals surface area contributed by atoms with E-state index in [4.69, 9.17) is 10.7 Å². The number of amides is 1. The van der Waals surface area contributed by atoms with Gasteiger partial charge in [0.25, 0.3) is 11.5 Å². The van der Waals surface area contributed by atoms with Crippen molar-refractivity contribution in [3.63, 3.8) is 0 Å². The van der Waals surface area contributed by atoms with Gasteiger partial charge in [0.1, 0.15) is 10.7 Å². The number of nitrogens with zero attached hydrogens (tertiary/aromatic N) is 2. The SMILES string of the molecule is Cc1ccc(-c2nc3sc(C(N)=O)c(C)c3c(=O)n2CC(=O)c2ccc(C)c(C)c2)cc1. The van der Waals surface area contributed by atoms with Gasteiger partial charge in [-0.15, -0.1) is 11.3 Å². The summed E-state index contributed by atoms with van der Waals surface area (Å²) in [6.45, 7) is 7.43. The maximum Gasteiger partial charge on any atom is 0.263 e. The second kappa shape index (κ2) is 8.16. The number of aryl methyl sites for hydroxylation is 4. The number of primary amides is 1. The fourth-order valence-corrected chi connectivity index (χ4v) is 4.69. The van der Waals surface area contributed by atoms with Crippen LogP contribution in [0.5, 0.6) is 0 Å². The lowest BCUT2D eigenvalue weighted by Crippen LogP contribution is -2.27. The molecule has 1 amide bonds. The van der Waals surface area contributed by atoms with Gasteiger partial charge in [-0.1, -0.05) is 42.0 Å². The van der Waals surface area contributed by atoms with E-state index in [-0.39, 0.29) is 17.9 Å². The number of fused-ring (bicyclic) bond motifs is 1. The van der Waals surface area contributed by atoms with Crippen molar-refractivity contribution in [2.75, 3.05) is 0 Å². The summed E-state index contributed by atoms with van der Waals surface area (Å²) >= 11 is 1.10. The van der Waals surface area contributed by atoms with Crippen LogP contribution in [0.2, 0.25) is 0 Å². The first kappa shape index (κ1) is 21.6. The molecule has 162 valence electrons. The smallest absolute Gasteiger partial charge is 0.263 e. The third-order valence-electron chi connectivity index (χ3n) is 5.71. The molecule has 2 heterocycles. The molecule has 0 bridgehead atoms. The van der Waals surface area contributed by atoms with Gasteiger partial charge in [0.2, 0.25) is 0 Å². The van der Waals surface area contributed by atoms with Crippen LogP contribution >= 0.6 is 11.3 Å². The van der Waals surface area contributed by atoms with E-state index in [9.17, 15) is 14.4 Å². The van der Waals surface area contributed by atoms with E-state index in [0.717, 1.165) is 28.0 Å². The van der Waals surface area contributed by atoms with E-state index in [1.165, 1.54) is 4.57 Å². The number of hydrogen-bond donors (Lipinski definition) is 1. The molecule has 0 unspecified atom stereocenters. The number of benzene rings is 2. The van der Waals surface area contributed by atoms with Crippen LogP contribution in [-0.4, -0.2) is 21.2 Å². The van der Waals surface area contributed by atoms with Crippen LogP contribution in [0.3, 0.4) is 0 Å². The first-order valence-corrected chi connectivity index (χ1v) is 11.0. The maximum absolute atomic E-state index is 13.6. The maximum atomic E-state index is 13.6. The predicted octanol–water partition coefficient (Wildman–Crippen LogP) is 4.34. The molecule has 4 aromatic rings. The number of ketones is 1. The molecule has 0 saturated carbocycles. The number of hydrogen-bond acceptors (Lipinski definition) is 5. The first-order valence-electron chi connectivity index (χ1n) is 10.2. The summed E-state index contributed by atoms with van der Waals surface area (Å²) in [5.41, 5.74) is 10.1. The zero-order chi connectivity index (χ0) is 23.2. The largest absolute Gasteiger partial charge is 0.365 e. The molecule has 2 aromatic carbocycles. The van der Waals surface area contributed by atoms with Gasteiger partial charge in [0, 0.05) is 11.1 Å². The van der Waals surface area contributed by atoms with Crippen molar-refractivity contribution in [3.05, 3.63) is 85.5 Å². The van der Waals surface area contributed by atoms with Crippen molar-refractivity contribution < 1.29 is 9.59 Å². The number of rotatable bonds is 5. The molecule has 2 aromatic heterocycles. The zero-order valence-corrected chi connectivity index (χ0v) is 19.2. The zero-order valence-electron chi connectivity index (χ0n) is 18.4. The van der Waals surface area contributed by atoms with Gasteiger partial charge in [0.05, 0.1) is 16.8 Å². The third-order valence-corrected chi connectivity index (χ3v) is 6.91. The Bertz CT molecular complexity index is 1450. The number of carbonyl (C=O) groups is 2. The average Bonchev–Trinajstić information content (AvgIpc) is 3.09. The monoisotopic (exact) mass is 445 g/mol. The predicted molar refractivity (Wildman–Crippen MR) is 128 cm³/mol. The van der Waals surface area contributed by atoms with Gasteiger partial charge in [-0.2, -0.15) is 0 Å². The second-order valence-corrected chi connectivity index (χ2v) is 9.01. The van der Waals surface area contributed by atoms with Crippen LogP contribution < -0.4 is 11.3 Å². The Hall–Kier alpha value is -3.58. The number of carbonyl (C=O) groups excluding carboxylic acids is 2. The summed E-state index contributed by atoms with van der Waals surface area (Å²) < 4.78 is 1.40. The summed E-state index contributed by atoms with van der Waals surface area (Å²) in [7, 11) is 0. The molecule has 0 aliphatic heterocycles. The molecule has 0 atom stereocenters. The van der Waals surface area contributed by atoms with E-state index in [1.807, 2.05) is 57.2 Å². The summed E-state index contributed by atoms with van der Waals surface area (Å²) in [6, 6.07) is 13.1. The van der Waals surface area contributed by atoms with Gasteiger partial charge < -0.3 is 5.73 Å². The summed E-state index contributed by atoms with van der Waals surface area (Å²) in [6.07, 6.45) is 0. The van der Waals surface area contributed by atoms with Crippen molar-refractivity contribution in [2.24, 2.45) is 5.73 Å². The molecule has 0 aliphatic carbocycles. The minimum absolute atomic E-state index is 0.158. The van der Waals surface area contributed by atoms with Crippen LogP contribution in [0.25, 0.3) is 21.6 Å². The van der Waals surface area contributed by atoms with E-state index >= 15 is 0 Å². The van der Waals surface area contributed by atoms with Gasteiger partial charge in [-0.3, -0.25) is 19.0 Å². The number of aromatic nitrogens is 2. The summed E-state index contributed by atoms with van der Waals surface area (Å²) in [5, 5.41) is 0.326. The highest BCUT2D eigenvalue weighted by atomic mass is 32.1. The van der Waals surface area contributed by atoms with Crippen LogP contribution in [0.4, 0.5) is 0 Å². The van der Waals surface area contributed by atoms with Crippen molar-refractivity contribution in [2.45, 2.75) is 34.2 Å². The standard InChI is InChI=1S/C25H23N3O3S/c1-13-5-8-17(9-6-13)23-27-24-20(16(4)21(32-24)22(26)30)25(31)28(23)12-19(29)18-10-7-14(2)15(3)11-18/h5-11H,12H2,1-4H3,(H2,26,30). The van der Waals surface area contributed by atoms with Gasteiger partial charge in [-0.05, 0) is 50.5 Å². The molecular weight excluding hydrogens is 422 g/mol. The lowest BCUT2D eigenvalue weighted by atomic mass is 10.0. The van der Waals surface area contributed by atoms with Crippen molar-refractivity contribution in [3.8, 4) is 11.4 Å². The lowest BCUT2D eigenvalue weighted by molar-refractivity contribution is 0.0969. The van der Waals surface area contributed by atoms with Crippen LogP contribution in [0.1, 0.15) is 42.3 Å². The molecule has 4 rings (SSSR count). The summed E-state index contributed by atoms with van der Waals surface area (Å²) in [4.78, 5) is 44.0. The van der Waals surface area contributed by atoms with Crippen LogP contribution in [0, 0.1) is 27.7 Å². The van der Waals surface area contributed by atoms with E-state index < -0.39 is 5.91 Å². The number of Topliss-reactive ketones (excluding diaryl/α,β-unsaturated/α-hetero) is 1. The van der Waals surface area contributed by atoms with Gasteiger partial charge in [0.15, 0.2) is 5.78 Å². The Balaban J connectivity index is 1.93. The van der Waals surface area contributed by atoms with Gasteiger partial charge >= 0.3 is 0 Å². The highest BCUT2D eigenvalue weighted by Crippen LogP contribution is 2.29. The molecule has 2 N–H and O–H groups in total. The fourth-order valence-electron chi connectivity index (χ4n) is 3.67. The molecular formula is C25H23N3O3S. The highest BCUT2D eigenvalue weighted by molar-refractivity contribution is 7.20. The Labute approximate surface area is 189 Å². The van der Waals surface area contributed by atoms with Crippen molar-refractivity contribution in [1.29, 1.82) is 0 Å². The highest BCUT2D eigenvalue weighted by Gasteiger charge is 2.22. The molecule has 6 nitrogen and oxygen atoms in total. The quantitative estimate of drug-likeness (QED) is 0.462. The minimum atomic E-state index is -0.598. The Morgan fingerprint density at radius 3 is 2.31 bits per heavy atom. The lowest BCUT2D eigenvalue weighted by Gasteiger charge is -2.13. The van der Waals surface area contributed by atoms with Crippen molar-refractivity contribution in [1.82, 2.24) is 9.55 Å². The molecule has 0 radical (unpaired) electrons. The minimum Gasteiger partial charge on any atom is -0.365 e. The number of thiophene rings is 1. The topological polar surface area (TPSA) is 95.0 Å². The van der Waals surface area contributed by atoms with Gasteiger partial charge in [-0.25, -0.2) is 4.98 Å². The fraction of sp³-hybridized carbons (Fsp3) is 0.200. The molecule has 32 heavy (non-hydrogen) atoms. The Morgan fingerprint density at radius 2 is 1.69 bits per heavy atom. The molecule has 7 heteroatoms. The summed E-state index contributed by atoms with van der Waals surface area (Å²) in [5.74, 6) is -0.399. The molecule has 0 spiro atoms. The van der Waals surface area contributed by atoms with Crippen molar-refractivity contribution >= 4 is 33.2 Å². The third kappa shape index (κ3) is 3.76. The van der Waals surface area contributed by atoms with E-state index in [2.05, 4.69) is 0 Å². The van der Waals surface area contributed by atoms with E-state index in [0.29, 0.717) is 37.6 Å². The molecule has 0 aliphatic rings. The van der Waals surface area contributed by atoms with Crippen LogP contribution in [0.15, 0.2) is 47.3 Å².